The molecule has 3 saturated heterocycles. The van der Waals surface area contributed by atoms with E-state index in [1.54, 1.807) is 21.3 Å². The number of pyridine rings is 1. The van der Waals surface area contributed by atoms with Crippen LogP contribution in [0.1, 0.15) is 47.6 Å². The Kier molecular flexibility index (Phi) is 6.01. The zero-order valence-corrected chi connectivity index (χ0v) is 17.1. The summed E-state index contributed by atoms with van der Waals surface area (Å²) in [4.78, 5) is 43.1. The van der Waals surface area contributed by atoms with Crippen LogP contribution in [0.5, 0.6) is 0 Å². The first-order valence-corrected chi connectivity index (χ1v) is 10.7. The Morgan fingerprint density at radius 2 is 1.83 bits per heavy atom. The average Bonchev–Trinajstić information content (AvgIpc) is 3.24. The Balaban J connectivity index is 1.59. The van der Waals surface area contributed by atoms with E-state index in [0.29, 0.717) is 44.8 Å². The number of hydrogen-bond donors (Lipinski definition) is 1. The molecule has 3 fully saturated rings. The first-order valence-electron chi connectivity index (χ1n) is 10.7. The molecular weight excluding hydrogens is 372 g/mol. The largest absolute Gasteiger partial charge is 0.378 e. The highest BCUT2D eigenvalue weighted by molar-refractivity contribution is 5.98. The number of ether oxygens (including phenoxy) is 1. The molecule has 0 saturated carbocycles. The van der Waals surface area contributed by atoms with Gasteiger partial charge in [-0.2, -0.15) is 0 Å². The fourth-order valence-electron chi connectivity index (χ4n) is 4.68. The van der Waals surface area contributed by atoms with Gasteiger partial charge in [-0.1, -0.05) is 0 Å². The van der Waals surface area contributed by atoms with Crippen LogP contribution in [-0.4, -0.2) is 78.2 Å². The number of carbonyl (C=O) groups is 2. The minimum atomic E-state index is -0.480. The Hall–Kier alpha value is -2.19. The smallest absolute Gasteiger partial charge is 0.263 e. The van der Waals surface area contributed by atoms with Gasteiger partial charge in [0.2, 0.25) is 5.91 Å². The molecule has 1 atom stereocenters. The number of likely N-dealkylation sites (tertiary alicyclic amines) is 1. The third kappa shape index (κ3) is 3.96. The van der Waals surface area contributed by atoms with Crippen molar-refractivity contribution in [2.75, 3.05) is 45.9 Å². The van der Waals surface area contributed by atoms with Crippen molar-refractivity contribution in [3.05, 3.63) is 33.7 Å². The third-order valence-corrected chi connectivity index (χ3v) is 6.37. The number of hydrogen-bond acceptors (Lipinski definition) is 5. The summed E-state index contributed by atoms with van der Waals surface area (Å²) in [5.74, 6) is -0.327. The van der Waals surface area contributed by atoms with Crippen molar-refractivity contribution >= 4 is 11.8 Å². The van der Waals surface area contributed by atoms with Crippen molar-refractivity contribution in [2.24, 2.45) is 0 Å². The fraction of sp³-hybridized carbons (Fsp3) is 0.667. The molecule has 1 N–H and O–H groups in total. The van der Waals surface area contributed by atoms with Crippen LogP contribution in [0.25, 0.3) is 0 Å². The van der Waals surface area contributed by atoms with E-state index >= 15 is 0 Å². The maximum absolute atomic E-state index is 13.4. The normalized spacial score (nSPS) is 23.4. The van der Waals surface area contributed by atoms with Gasteiger partial charge in [-0.05, 0) is 57.3 Å². The zero-order chi connectivity index (χ0) is 20.4. The number of aromatic nitrogens is 1. The lowest BCUT2D eigenvalue weighted by Crippen LogP contribution is -2.51. The third-order valence-electron chi connectivity index (χ3n) is 6.37. The van der Waals surface area contributed by atoms with Crippen molar-refractivity contribution in [1.82, 2.24) is 19.7 Å². The van der Waals surface area contributed by atoms with Crippen molar-refractivity contribution in [2.45, 2.75) is 44.7 Å². The number of nitrogens with zero attached hydrogens (tertiary/aromatic N) is 3. The van der Waals surface area contributed by atoms with Crippen molar-refractivity contribution in [3.8, 4) is 0 Å². The summed E-state index contributed by atoms with van der Waals surface area (Å²) in [6.45, 7) is 6.24. The Morgan fingerprint density at radius 1 is 1.10 bits per heavy atom. The molecule has 4 heterocycles. The molecule has 0 spiro atoms. The van der Waals surface area contributed by atoms with Gasteiger partial charge in [-0.25, -0.2) is 0 Å². The molecule has 0 aromatic carbocycles. The summed E-state index contributed by atoms with van der Waals surface area (Å²) in [5, 5.41) is 3.31. The highest BCUT2D eigenvalue weighted by Gasteiger charge is 2.38. The lowest BCUT2D eigenvalue weighted by Gasteiger charge is -2.33. The number of piperidine rings is 1. The second-order valence-corrected chi connectivity index (χ2v) is 8.16. The Labute approximate surface area is 170 Å². The molecule has 158 valence electrons. The Bertz CT molecular complexity index is 824. The quantitative estimate of drug-likeness (QED) is 0.798. The number of nitrogens with one attached hydrogen (secondary N) is 1. The molecule has 0 unspecified atom stereocenters. The van der Waals surface area contributed by atoms with Gasteiger partial charge in [-0.15, -0.1) is 0 Å². The van der Waals surface area contributed by atoms with E-state index < -0.39 is 6.04 Å². The monoisotopic (exact) mass is 402 g/mol. The summed E-state index contributed by atoms with van der Waals surface area (Å²) in [7, 11) is 0. The topological polar surface area (TPSA) is 83.9 Å². The maximum Gasteiger partial charge on any atom is 0.263 e. The first kappa shape index (κ1) is 20.1. The average molecular weight is 402 g/mol. The second-order valence-electron chi connectivity index (χ2n) is 8.16. The molecule has 0 radical (unpaired) electrons. The molecule has 8 heteroatoms. The molecule has 3 aliphatic rings. The highest BCUT2D eigenvalue weighted by atomic mass is 16.5. The van der Waals surface area contributed by atoms with E-state index in [1.807, 2.05) is 12.3 Å². The van der Waals surface area contributed by atoms with Crippen molar-refractivity contribution in [3.63, 3.8) is 0 Å². The minimum Gasteiger partial charge on any atom is -0.378 e. The van der Waals surface area contributed by atoms with E-state index in [-0.39, 0.29) is 29.0 Å². The van der Waals surface area contributed by atoms with Crippen LogP contribution in [0, 0.1) is 6.92 Å². The van der Waals surface area contributed by atoms with Crippen LogP contribution in [0.2, 0.25) is 0 Å². The molecule has 1 aromatic rings. The van der Waals surface area contributed by atoms with Crippen molar-refractivity contribution in [1.29, 1.82) is 0 Å². The minimum absolute atomic E-state index is 0.0218. The molecule has 4 rings (SSSR count). The van der Waals surface area contributed by atoms with Crippen LogP contribution in [0.3, 0.4) is 0 Å². The van der Waals surface area contributed by atoms with Gasteiger partial charge >= 0.3 is 0 Å². The van der Waals surface area contributed by atoms with Gasteiger partial charge in [0.15, 0.2) is 0 Å². The molecule has 1 aromatic heterocycles. The van der Waals surface area contributed by atoms with Gasteiger partial charge in [0.25, 0.3) is 11.5 Å². The molecule has 29 heavy (non-hydrogen) atoms. The molecule has 0 bridgehead atoms. The summed E-state index contributed by atoms with van der Waals surface area (Å²) in [5.41, 5.74) is 0.661. The van der Waals surface area contributed by atoms with Gasteiger partial charge in [0.05, 0.1) is 13.2 Å². The van der Waals surface area contributed by atoms with E-state index in [2.05, 4.69) is 5.32 Å². The lowest BCUT2D eigenvalue weighted by molar-refractivity contribution is -0.139. The molecular formula is C21H30N4O4. The predicted molar refractivity (Wildman–Crippen MR) is 108 cm³/mol. The van der Waals surface area contributed by atoms with Crippen LogP contribution < -0.4 is 10.9 Å². The maximum atomic E-state index is 13.4. The summed E-state index contributed by atoms with van der Waals surface area (Å²) < 4.78 is 7.05. The van der Waals surface area contributed by atoms with E-state index in [1.165, 1.54) is 0 Å². The first-order chi connectivity index (χ1) is 14.1. The number of rotatable bonds is 3. The van der Waals surface area contributed by atoms with Gasteiger partial charge < -0.3 is 24.4 Å². The van der Waals surface area contributed by atoms with Crippen LogP contribution in [0.15, 0.2) is 17.1 Å². The molecule has 8 nitrogen and oxygen atoms in total. The van der Waals surface area contributed by atoms with Crippen LogP contribution in [0.4, 0.5) is 0 Å². The van der Waals surface area contributed by atoms with Crippen LogP contribution >= 0.6 is 0 Å². The zero-order valence-electron chi connectivity index (χ0n) is 17.1. The lowest BCUT2D eigenvalue weighted by atomic mass is 10.0. The number of carbonyl (C=O) groups excluding carboxylic acids is 2. The van der Waals surface area contributed by atoms with Crippen molar-refractivity contribution < 1.29 is 14.3 Å². The Morgan fingerprint density at radius 3 is 2.55 bits per heavy atom. The van der Waals surface area contributed by atoms with Gasteiger partial charge in [-0.3, -0.25) is 14.4 Å². The van der Waals surface area contributed by atoms with E-state index in [0.717, 1.165) is 32.4 Å². The summed E-state index contributed by atoms with van der Waals surface area (Å²) in [6.07, 6.45) is 4.98. The van der Waals surface area contributed by atoms with E-state index in [9.17, 15) is 14.4 Å². The summed E-state index contributed by atoms with van der Waals surface area (Å²) in [6, 6.07) is 1.48. The van der Waals surface area contributed by atoms with Gasteiger partial charge in [0.1, 0.15) is 11.6 Å². The highest BCUT2D eigenvalue weighted by Crippen LogP contribution is 2.23. The number of aryl methyl sites for hydroxylation is 1. The SMILES string of the molecule is Cc1ccn(C2CCNCC2)c(=O)c1C(=O)N1CCC[C@H]1C(=O)N1CCOCC1. The van der Waals surface area contributed by atoms with Crippen LogP contribution in [-0.2, 0) is 9.53 Å². The fourth-order valence-corrected chi connectivity index (χ4v) is 4.68. The summed E-state index contributed by atoms with van der Waals surface area (Å²) >= 11 is 0. The predicted octanol–water partition coefficient (Wildman–Crippen LogP) is 0.545. The standard InChI is InChI=1S/C21H30N4O4/c1-15-6-10-24(16-4-7-22-8-5-16)20(27)18(15)21(28)25-9-2-3-17(25)19(26)23-11-13-29-14-12-23/h6,10,16-17,22H,2-5,7-9,11-14H2,1H3/t17-/m0/s1. The number of amides is 2. The molecule has 0 aliphatic carbocycles. The van der Waals surface area contributed by atoms with Gasteiger partial charge in [0, 0.05) is 31.9 Å². The van der Waals surface area contributed by atoms with E-state index in [4.69, 9.17) is 4.74 Å². The number of morpholine rings is 1. The molecule has 2 amide bonds. The second kappa shape index (κ2) is 8.67. The molecule has 3 aliphatic heterocycles.